The molecule has 1 fully saturated rings. The third kappa shape index (κ3) is 2.40. The van der Waals surface area contributed by atoms with Crippen molar-refractivity contribution in [2.75, 3.05) is 0 Å². The average molecular weight is 242 g/mol. The standard InChI is InChI=1S/C12H20ClN3/c1-12(2,3)10-14-15-11(13)16(10)8-9-6-4-5-7-9/h9H,4-8H2,1-3H3. The summed E-state index contributed by atoms with van der Waals surface area (Å²) in [5, 5.41) is 8.75. The van der Waals surface area contributed by atoms with Gasteiger partial charge in [-0.3, -0.25) is 0 Å². The summed E-state index contributed by atoms with van der Waals surface area (Å²) in [5.74, 6) is 1.76. The van der Waals surface area contributed by atoms with Crippen molar-refractivity contribution in [2.24, 2.45) is 5.92 Å². The summed E-state index contributed by atoms with van der Waals surface area (Å²) in [6.45, 7) is 7.44. The molecule has 3 nitrogen and oxygen atoms in total. The van der Waals surface area contributed by atoms with Crippen molar-refractivity contribution < 1.29 is 0 Å². The van der Waals surface area contributed by atoms with Gasteiger partial charge in [0.25, 0.3) is 0 Å². The Morgan fingerprint density at radius 2 is 1.88 bits per heavy atom. The van der Waals surface area contributed by atoms with Crippen molar-refractivity contribution in [2.45, 2.75) is 58.4 Å². The number of hydrogen-bond donors (Lipinski definition) is 0. The monoisotopic (exact) mass is 241 g/mol. The van der Waals surface area contributed by atoms with Gasteiger partial charge in [-0.15, -0.1) is 10.2 Å². The van der Waals surface area contributed by atoms with Crippen LogP contribution in [0.15, 0.2) is 0 Å². The van der Waals surface area contributed by atoms with E-state index in [1.54, 1.807) is 0 Å². The van der Waals surface area contributed by atoms with Crippen LogP contribution in [-0.4, -0.2) is 14.8 Å². The molecule has 1 aromatic heterocycles. The lowest BCUT2D eigenvalue weighted by Crippen LogP contribution is -2.21. The molecule has 1 saturated carbocycles. The highest BCUT2D eigenvalue weighted by molar-refractivity contribution is 6.28. The fourth-order valence-corrected chi connectivity index (χ4v) is 2.64. The maximum Gasteiger partial charge on any atom is 0.225 e. The maximum absolute atomic E-state index is 6.12. The highest BCUT2D eigenvalue weighted by Gasteiger charge is 2.25. The van der Waals surface area contributed by atoms with E-state index in [1.165, 1.54) is 25.7 Å². The number of hydrogen-bond acceptors (Lipinski definition) is 2. The number of rotatable bonds is 2. The zero-order valence-electron chi connectivity index (χ0n) is 10.3. The minimum atomic E-state index is 0.0126. The lowest BCUT2D eigenvalue weighted by Gasteiger charge is -2.20. The Kier molecular flexibility index (Phi) is 3.24. The van der Waals surface area contributed by atoms with Crippen LogP contribution in [0.5, 0.6) is 0 Å². The van der Waals surface area contributed by atoms with E-state index >= 15 is 0 Å². The van der Waals surface area contributed by atoms with E-state index in [0.717, 1.165) is 18.3 Å². The highest BCUT2D eigenvalue weighted by Crippen LogP contribution is 2.30. The van der Waals surface area contributed by atoms with E-state index in [1.807, 2.05) is 0 Å². The molecule has 4 heteroatoms. The molecule has 90 valence electrons. The Labute approximate surface area is 102 Å². The summed E-state index contributed by atoms with van der Waals surface area (Å²) in [5.41, 5.74) is 0.0126. The molecule has 0 radical (unpaired) electrons. The molecule has 0 amide bonds. The van der Waals surface area contributed by atoms with Gasteiger partial charge in [-0.05, 0) is 30.4 Å². The molecule has 0 bridgehead atoms. The van der Waals surface area contributed by atoms with Gasteiger partial charge in [0.2, 0.25) is 5.28 Å². The first kappa shape index (κ1) is 11.9. The van der Waals surface area contributed by atoms with Gasteiger partial charge in [0.1, 0.15) is 5.82 Å². The van der Waals surface area contributed by atoms with Gasteiger partial charge < -0.3 is 4.57 Å². The summed E-state index contributed by atoms with van der Waals surface area (Å²) in [4.78, 5) is 0. The first-order valence-electron chi connectivity index (χ1n) is 6.07. The van der Waals surface area contributed by atoms with Crippen molar-refractivity contribution >= 4 is 11.6 Å². The molecule has 0 unspecified atom stereocenters. The fraction of sp³-hybridized carbons (Fsp3) is 0.833. The van der Waals surface area contributed by atoms with Gasteiger partial charge in [0, 0.05) is 12.0 Å². The summed E-state index contributed by atoms with van der Waals surface area (Å²) in [6, 6.07) is 0. The normalized spacial score (nSPS) is 18.2. The third-order valence-electron chi connectivity index (χ3n) is 3.29. The average Bonchev–Trinajstić information content (AvgIpc) is 2.76. The summed E-state index contributed by atoms with van der Waals surface area (Å²) >= 11 is 6.12. The molecule has 1 heterocycles. The third-order valence-corrected chi connectivity index (χ3v) is 3.57. The number of nitrogens with zero attached hydrogens (tertiary/aromatic N) is 3. The van der Waals surface area contributed by atoms with Crippen molar-refractivity contribution in [1.82, 2.24) is 14.8 Å². The Morgan fingerprint density at radius 1 is 1.25 bits per heavy atom. The molecule has 0 saturated heterocycles. The summed E-state index contributed by atoms with van der Waals surface area (Å²) in [6.07, 6.45) is 5.35. The van der Waals surface area contributed by atoms with Crippen LogP contribution in [0.3, 0.4) is 0 Å². The molecule has 1 aliphatic rings. The van der Waals surface area contributed by atoms with Crippen LogP contribution in [-0.2, 0) is 12.0 Å². The lowest BCUT2D eigenvalue weighted by molar-refractivity contribution is 0.417. The predicted octanol–water partition coefficient (Wildman–Crippen LogP) is 3.42. The van der Waals surface area contributed by atoms with Gasteiger partial charge in [-0.2, -0.15) is 0 Å². The predicted molar refractivity (Wildman–Crippen MR) is 65.7 cm³/mol. The second-order valence-corrected chi connectivity index (χ2v) is 6.14. The minimum Gasteiger partial charge on any atom is -0.301 e. The van der Waals surface area contributed by atoms with E-state index in [2.05, 4.69) is 35.5 Å². The first-order chi connectivity index (χ1) is 7.48. The van der Waals surface area contributed by atoms with E-state index < -0.39 is 0 Å². The van der Waals surface area contributed by atoms with E-state index in [4.69, 9.17) is 11.6 Å². The molecule has 0 spiro atoms. The summed E-state index contributed by atoms with van der Waals surface area (Å²) < 4.78 is 2.09. The maximum atomic E-state index is 6.12. The molecule has 1 aliphatic carbocycles. The van der Waals surface area contributed by atoms with Crippen LogP contribution in [0.1, 0.15) is 52.3 Å². The fourth-order valence-electron chi connectivity index (χ4n) is 2.45. The van der Waals surface area contributed by atoms with E-state index in [0.29, 0.717) is 5.28 Å². The lowest BCUT2D eigenvalue weighted by atomic mass is 9.95. The molecular weight excluding hydrogens is 222 g/mol. The van der Waals surface area contributed by atoms with Gasteiger partial charge >= 0.3 is 0 Å². The van der Waals surface area contributed by atoms with Crippen LogP contribution >= 0.6 is 11.6 Å². The molecule has 0 aliphatic heterocycles. The Balaban J connectivity index is 2.21. The Morgan fingerprint density at radius 3 is 2.44 bits per heavy atom. The minimum absolute atomic E-state index is 0.0126. The van der Waals surface area contributed by atoms with Crippen molar-refractivity contribution in [3.8, 4) is 0 Å². The van der Waals surface area contributed by atoms with Gasteiger partial charge in [-0.25, -0.2) is 0 Å². The Hall–Kier alpha value is -0.570. The number of aromatic nitrogens is 3. The Bertz CT molecular complexity index is 359. The molecule has 0 atom stereocenters. The van der Waals surface area contributed by atoms with Crippen LogP contribution in [0.25, 0.3) is 0 Å². The molecule has 1 aromatic rings. The van der Waals surface area contributed by atoms with Crippen molar-refractivity contribution in [3.63, 3.8) is 0 Å². The van der Waals surface area contributed by atoms with Crippen LogP contribution in [0.2, 0.25) is 5.28 Å². The molecule has 0 aromatic carbocycles. The van der Waals surface area contributed by atoms with Gasteiger partial charge in [0.05, 0.1) is 0 Å². The molecule has 16 heavy (non-hydrogen) atoms. The topological polar surface area (TPSA) is 30.7 Å². The van der Waals surface area contributed by atoms with Crippen LogP contribution in [0.4, 0.5) is 0 Å². The SMILES string of the molecule is CC(C)(C)c1nnc(Cl)n1CC1CCCC1. The second kappa shape index (κ2) is 4.36. The smallest absolute Gasteiger partial charge is 0.225 e. The summed E-state index contributed by atoms with van der Waals surface area (Å²) in [7, 11) is 0. The van der Waals surface area contributed by atoms with E-state index in [9.17, 15) is 0 Å². The van der Waals surface area contributed by atoms with E-state index in [-0.39, 0.29) is 5.41 Å². The van der Waals surface area contributed by atoms with Crippen molar-refractivity contribution in [1.29, 1.82) is 0 Å². The van der Waals surface area contributed by atoms with Crippen LogP contribution in [0, 0.1) is 5.92 Å². The number of halogens is 1. The highest BCUT2D eigenvalue weighted by atomic mass is 35.5. The first-order valence-corrected chi connectivity index (χ1v) is 6.45. The molecular formula is C12H20ClN3. The zero-order valence-corrected chi connectivity index (χ0v) is 11.1. The second-order valence-electron chi connectivity index (χ2n) is 5.80. The van der Waals surface area contributed by atoms with Crippen LogP contribution < -0.4 is 0 Å². The largest absolute Gasteiger partial charge is 0.301 e. The van der Waals surface area contributed by atoms with Gasteiger partial charge in [-0.1, -0.05) is 33.6 Å². The van der Waals surface area contributed by atoms with Crippen molar-refractivity contribution in [3.05, 3.63) is 11.1 Å². The molecule has 2 rings (SSSR count). The van der Waals surface area contributed by atoms with Gasteiger partial charge in [0.15, 0.2) is 0 Å². The quantitative estimate of drug-likeness (QED) is 0.795. The zero-order chi connectivity index (χ0) is 11.8. The molecule has 0 N–H and O–H groups in total.